The van der Waals surface area contributed by atoms with Crippen LogP contribution >= 0.6 is 0 Å². The molecule has 0 atom stereocenters. The molecule has 0 aliphatic heterocycles. The lowest BCUT2D eigenvalue weighted by molar-refractivity contribution is -0.389. The first-order chi connectivity index (χ1) is 9.54. The molecule has 1 aromatic rings. The zero-order valence-corrected chi connectivity index (χ0v) is 11.3. The van der Waals surface area contributed by atoms with E-state index in [4.69, 9.17) is 0 Å². The number of unbranched alkanes of at least 4 members (excludes halogenated alkanes) is 3. The van der Waals surface area contributed by atoms with Gasteiger partial charge in [-0.3, -0.25) is 14.9 Å². The minimum Gasteiger partial charge on any atom is -0.358 e. The highest BCUT2D eigenvalue weighted by atomic mass is 16.6. The molecule has 0 fully saturated rings. The summed E-state index contributed by atoms with van der Waals surface area (Å²) in [5.41, 5.74) is 0.123. The van der Waals surface area contributed by atoms with Crippen molar-refractivity contribution < 1.29 is 14.5 Å². The van der Waals surface area contributed by atoms with Crippen LogP contribution in [-0.2, 0) is 4.79 Å². The van der Waals surface area contributed by atoms with Crippen LogP contribution in [0.5, 0.6) is 0 Å². The van der Waals surface area contributed by atoms with Crippen molar-refractivity contribution in [3.8, 4) is 0 Å². The third-order valence-electron chi connectivity index (χ3n) is 2.71. The molecule has 0 radical (unpaired) electrons. The molecular formula is C13H17N3O4. The maximum Gasteiger partial charge on any atom is 0.363 e. The molecule has 0 unspecified atom stereocenters. The minimum absolute atomic E-state index is 0.123. The fourth-order valence-electron chi connectivity index (χ4n) is 1.60. The van der Waals surface area contributed by atoms with Crippen molar-refractivity contribution in [2.75, 3.05) is 0 Å². The first-order valence-corrected chi connectivity index (χ1v) is 6.49. The van der Waals surface area contributed by atoms with E-state index < -0.39 is 10.8 Å². The van der Waals surface area contributed by atoms with Gasteiger partial charge in [0, 0.05) is 12.5 Å². The summed E-state index contributed by atoms with van der Waals surface area (Å²) in [6.07, 6.45) is 5.22. The molecule has 0 saturated carbocycles. The molecule has 1 aromatic heterocycles. The molecule has 0 bridgehead atoms. The Bertz CT molecular complexity index is 485. The van der Waals surface area contributed by atoms with E-state index in [1.54, 1.807) is 0 Å². The number of hydrogen-bond donors (Lipinski definition) is 1. The zero-order valence-electron chi connectivity index (χ0n) is 11.3. The zero-order chi connectivity index (χ0) is 15.0. The molecule has 0 aromatic carbocycles. The smallest absolute Gasteiger partial charge is 0.358 e. The number of pyridine rings is 1. The van der Waals surface area contributed by atoms with Gasteiger partial charge in [0.15, 0.2) is 6.20 Å². The Morgan fingerprint density at radius 3 is 2.60 bits per heavy atom. The van der Waals surface area contributed by atoms with E-state index in [2.05, 4.69) is 17.2 Å². The summed E-state index contributed by atoms with van der Waals surface area (Å²) in [4.78, 5) is 36.5. The van der Waals surface area contributed by atoms with Crippen LogP contribution in [0.15, 0.2) is 18.3 Å². The van der Waals surface area contributed by atoms with Gasteiger partial charge in [-0.15, -0.1) is 0 Å². The second-order valence-corrected chi connectivity index (χ2v) is 4.35. The van der Waals surface area contributed by atoms with Gasteiger partial charge in [0.1, 0.15) is 0 Å². The minimum atomic E-state index is -0.652. The van der Waals surface area contributed by atoms with Crippen LogP contribution in [0.3, 0.4) is 0 Å². The molecule has 7 heteroatoms. The van der Waals surface area contributed by atoms with Crippen LogP contribution in [0.1, 0.15) is 49.4 Å². The number of nitrogens with zero attached hydrogens (tertiary/aromatic N) is 2. The maximum atomic E-state index is 11.7. The molecule has 0 saturated heterocycles. The van der Waals surface area contributed by atoms with Gasteiger partial charge in [0.25, 0.3) is 5.91 Å². The average molecular weight is 279 g/mol. The summed E-state index contributed by atoms with van der Waals surface area (Å²) < 4.78 is 0. The van der Waals surface area contributed by atoms with Gasteiger partial charge in [-0.25, -0.2) is 0 Å². The fourth-order valence-corrected chi connectivity index (χ4v) is 1.60. The molecule has 0 spiro atoms. The number of nitrogens with one attached hydrogen (secondary N) is 1. The van der Waals surface area contributed by atoms with E-state index in [9.17, 15) is 19.7 Å². The normalized spacial score (nSPS) is 10.1. The van der Waals surface area contributed by atoms with E-state index in [0.29, 0.717) is 6.42 Å². The Morgan fingerprint density at radius 1 is 1.30 bits per heavy atom. The van der Waals surface area contributed by atoms with Gasteiger partial charge in [-0.05, 0) is 22.4 Å². The van der Waals surface area contributed by atoms with E-state index in [0.717, 1.165) is 37.9 Å². The Labute approximate surface area is 116 Å². The van der Waals surface area contributed by atoms with Crippen molar-refractivity contribution in [1.82, 2.24) is 10.3 Å². The topological polar surface area (TPSA) is 102 Å². The van der Waals surface area contributed by atoms with Gasteiger partial charge in [-0.2, -0.15) is 0 Å². The molecule has 1 heterocycles. The average Bonchev–Trinajstić information content (AvgIpc) is 2.43. The van der Waals surface area contributed by atoms with Crippen LogP contribution in [-0.4, -0.2) is 21.7 Å². The number of rotatable bonds is 7. The van der Waals surface area contributed by atoms with Crippen molar-refractivity contribution in [2.45, 2.75) is 39.0 Å². The number of imide groups is 1. The van der Waals surface area contributed by atoms with E-state index >= 15 is 0 Å². The Hall–Kier alpha value is -2.31. The van der Waals surface area contributed by atoms with Gasteiger partial charge in [-0.1, -0.05) is 26.2 Å². The number of aromatic nitrogens is 1. The van der Waals surface area contributed by atoms with Gasteiger partial charge in [0.05, 0.1) is 5.56 Å². The number of nitro groups is 1. The molecule has 108 valence electrons. The van der Waals surface area contributed by atoms with Crippen LogP contribution in [0.25, 0.3) is 0 Å². The number of hydrogen-bond acceptors (Lipinski definition) is 5. The Morgan fingerprint density at radius 2 is 2.05 bits per heavy atom. The monoisotopic (exact) mass is 279 g/mol. The summed E-state index contributed by atoms with van der Waals surface area (Å²) in [6.45, 7) is 2.07. The fraction of sp³-hybridized carbons (Fsp3) is 0.462. The molecule has 0 aliphatic rings. The van der Waals surface area contributed by atoms with Gasteiger partial charge < -0.3 is 10.1 Å². The largest absolute Gasteiger partial charge is 0.363 e. The van der Waals surface area contributed by atoms with Crippen LogP contribution in [0.2, 0.25) is 0 Å². The van der Waals surface area contributed by atoms with Crippen molar-refractivity contribution in [3.05, 3.63) is 34.0 Å². The standard InChI is InChI=1S/C13H17N3O4/c1-2-3-4-5-6-12(17)15-13(18)10-7-8-11(14-9-10)16(19)20/h7-9H,2-6H2,1H3,(H,15,17,18). The van der Waals surface area contributed by atoms with Crippen molar-refractivity contribution in [3.63, 3.8) is 0 Å². The number of carbonyl (C=O) groups excluding carboxylic acids is 2. The summed E-state index contributed by atoms with van der Waals surface area (Å²) >= 11 is 0. The van der Waals surface area contributed by atoms with Gasteiger partial charge >= 0.3 is 5.82 Å². The third kappa shape index (κ3) is 5.13. The van der Waals surface area contributed by atoms with Gasteiger partial charge in [0.2, 0.25) is 5.91 Å². The molecule has 20 heavy (non-hydrogen) atoms. The van der Waals surface area contributed by atoms with Crippen LogP contribution in [0.4, 0.5) is 5.82 Å². The van der Waals surface area contributed by atoms with E-state index in [-0.39, 0.29) is 17.3 Å². The van der Waals surface area contributed by atoms with Crippen LogP contribution < -0.4 is 5.32 Å². The predicted octanol–water partition coefficient (Wildman–Crippen LogP) is 2.22. The molecule has 0 aliphatic carbocycles. The second kappa shape index (κ2) is 7.98. The highest BCUT2D eigenvalue weighted by molar-refractivity contribution is 6.04. The van der Waals surface area contributed by atoms with E-state index in [1.807, 2.05) is 0 Å². The lowest BCUT2D eigenvalue weighted by atomic mass is 10.1. The molecule has 7 nitrogen and oxygen atoms in total. The Balaban J connectivity index is 2.45. The first-order valence-electron chi connectivity index (χ1n) is 6.49. The van der Waals surface area contributed by atoms with Crippen molar-refractivity contribution >= 4 is 17.6 Å². The first kappa shape index (κ1) is 15.7. The second-order valence-electron chi connectivity index (χ2n) is 4.35. The lowest BCUT2D eigenvalue weighted by Crippen LogP contribution is -2.30. The number of amides is 2. The van der Waals surface area contributed by atoms with E-state index in [1.165, 1.54) is 6.07 Å². The van der Waals surface area contributed by atoms with Crippen molar-refractivity contribution in [1.29, 1.82) is 0 Å². The quantitative estimate of drug-likeness (QED) is 0.468. The highest BCUT2D eigenvalue weighted by Gasteiger charge is 2.14. The summed E-state index contributed by atoms with van der Waals surface area (Å²) in [7, 11) is 0. The molecule has 1 rings (SSSR count). The number of carbonyl (C=O) groups is 2. The summed E-state index contributed by atoms with van der Waals surface area (Å²) in [5, 5.41) is 12.7. The molecular weight excluding hydrogens is 262 g/mol. The summed E-state index contributed by atoms with van der Waals surface area (Å²) in [5.74, 6) is -1.27. The Kier molecular flexibility index (Phi) is 6.28. The maximum absolute atomic E-state index is 11.7. The highest BCUT2D eigenvalue weighted by Crippen LogP contribution is 2.07. The lowest BCUT2D eigenvalue weighted by Gasteiger charge is -2.03. The SMILES string of the molecule is CCCCCCC(=O)NC(=O)c1ccc([N+](=O)[O-])nc1. The van der Waals surface area contributed by atoms with Crippen molar-refractivity contribution in [2.24, 2.45) is 0 Å². The molecule has 2 amide bonds. The molecule has 1 N–H and O–H groups in total. The predicted molar refractivity (Wildman–Crippen MR) is 72.1 cm³/mol. The summed E-state index contributed by atoms with van der Waals surface area (Å²) in [6, 6.07) is 2.39. The third-order valence-corrected chi connectivity index (χ3v) is 2.71. The van der Waals surface area contributed by atoms with Crippen LogP contribution in [0, 0.1) is 10.1 Å².